The van der Waals surface area contributed by atoms with E-state index in [0.29, 0.717) is 5.91 Å². The summed E-state index contributed by atoms with van der Waals surface area (Å²) in [6, 6.07) is 0. The monoisotopic (exact) mass is 307 g/mol. The molecule has 1 saturated heterocycles. The number of piperazine rings is 1. The molecule has 0 aromatic heterocycles. The zero-order valence-electron chi connectivity index (χ0n) is 14.6. The van der Waals surface area contributed by atoms with Crippen LogP contribution in [0.4, 0.5) is 0 Å². The summed E-state index contributed by atoms with van der Waals surface area (Å²) in [5.74, 6) is 0.358. The molecule has 0 bridgehead atoms. The molecule has 1 aliphatic heterocycles. The van der Waals surface area contributed by atoms with E-state index < -0.39 is 0 Å². The summed E-state index contributed by atoms with van der Waals surface area (Å²) < 4.78 is 1.03. The van der Waals surface area contributed by atoms with Crippen LogP contribution in [-0.2, 0) is 4.79 Å². The number of nitrogens with zero attached hydrogens (tertiary/aromatic N) is 2. The molecule has 1 aliphatic rings. The molecule has 3 heteroatoms. The summed E-state index contributed by atoms with van der Waals surface area (Å²) in [4.78, 5) is 14.3. The predicted molar refractivity (Wildman–Crippen MR) is 94.7 cm³/mol. The second-order valence-electron chi connectivity index (χ2n) is 6.87. The van der Waals surface area contributed by atoms with Gasteiger partial charge in [-0.15, -0.1) is 6.58 Å². The number of hydrogen-bond donors (Lipinski definition) is 0. The Morgan fingerprint density at radius 2 is 1.59 bits per heavy atom. The number of carbonyl (C=O) groups excluding carboxylic acids is 1. The van der Waals surface area contributed by atoms with Gasteiger partial charge in [0.1, 0.15) is 0 Å². The molecule has 0 aromatic rings. The average molecular weight is 308 g/mol. The number of amides is 1. The van der Waals surface area contributed by atoms with E-state index in [9.17, 15) is 4.79 Å². The van der Waals surface area contributed by atoms with E-state index >= 15 is 0 Å². The lowest BCUT2D eigenvalue weighted by molar-refractivity contribution is -0.907. The van der Waals surface area contributed by atoms with Gasteiger partial charge in [0.2, 0.25) is 5.91 Å². The van der Waals surface area contributed by atoms with Crippen molar-refractivity contribution in [2.45, 2.75) is 51.4 Å². The quantitative estimate of drug-likeness (QED) is 0.323. The molecule has 1 fully saturated rings. The minimum Gasteiger partial charge on any atom is -0.331 e. The van der Waals surface area contributed by atoms with Crippen molar-refractivity contribution >= 4 is 5.91 Å². The molecule has 0 N–H and O–H groups in total. The van der Waals surface area contributed by atoms with Gasteiger partial charge in [0.05, 0.1) is 39.8 Å². The lowest BCUT2D eigenvalue weighted by Gasteiger charge is -2.41. The average Bonchev–Trinajstić information content (AvgIpc) is 2.50. The third-order valence-electron chi connectivity index (χ3n) is 4.79. The fraction of sp³-hybridized carbons (Fsp3) is 0.737. The van der Waals surface area contributed by atoms with Crippen molar-refractivity contribution in [3.05, 3.63) is 25.3 Å². The fourth-order valence-electron chi connectivity index (χ4n) is 3.12. The Hall–Kier alpha value is -1.09. The number of allylic oxidation sites excluding steroid dienone is 1. The third-order valence-corrected chi connectivity index (χ3v) is 4.79. The van der Waals surface area contributed by atoms with Gasteiger partial charge < -0.3 is 9.38 Å². The first-order chi connectivity index (χ1) is 10.6. The van der Waals surface area contributed by atoms with Crippen molar-refractivity contribution in [1.29, 1.82) is 0 Å². The molecule has 126 valence electrons. The summed E-state index contributed by atoms with van der Waals surface area (Å²) in [5, 5.41) is 0. The van der Waals surface area contributed by atoms with Crippen LogP contribution in [0.5, 0.6) is 0 Å². The Morgan fingerprint density at radius 1 is 1.00 bits per heavy atom. The Bertz CT molecular complexity index is 343. The van der Waals surface area contributed by atoms with Crippen LogP contribution >= 0.6 is 0 Å². The predicted octanol–water partition coefficient (Wildman–Crippen LogP) is 3.77. The first-order valence-corrected chi connectivity index (χ1v) is 8.94. The molecular formula is C19H35N2O+. The second kappa shape index (κ2) is 10.6. The smallest absolute Gasteiger partial charge is 0.222 e. The number of hydrogen-bond acceptors (Lipinski definition) is 1. The molecule has 22 heavy (non-hydrogen) atoms. The largest absolute Gasteiger partial charge is 0.331 e. The minimum absolute atomic E-state index is 0.358. The molecule has 1 heterocycles. The van der Waals surface area contributed by atoms with Crippen molar-refractivity contribution in [3.63, 3.8) is 0 Å². The Balaban J connectivity index is 2.06. The number of quaternary nitrogens is 1. The first kappa shape index (κ1) is 19.0. The molecule has 0 aliphatic carbocycles. The van der Waals surface area contributed by atoms with Crippen LogP contribution in [-0.4, -0.2) is 55.1 Å². The van der Waals surface area contributed by atoms with Crippen molar-refractivity contribution in [2.75, 3.05) is 39.8 Å². The Labute approximate surface area is 137 Å². The van der Waals surface area contributed by atoms with Crippen LogP contribution in [0, 0.1) is 0 Å². The molecule has 3 nitrogen and oxygen atoms in total. The maximum atomic E-state index is 12.2. The molecule has 1 rings (SSSR count). The number of rotatable bonds is 11. The molecule has 1 amide bonds. The molecule has 0 aromatic carbocycles. The molecule has 0 saturated carbocycles. The highest BCUT2D eigenvalue weighted by molar-refractivity contribution is 5.76. The maximum Gasteiger partial charge on any atom is 0.222 e. The summed E-state index contributed by atoms with van der Waals surface area (Å²) in [6.07, 6.45) is 13.2. The Kier molecular flexibility index (Phi) is 9.14. The van der Waals surface area contributed by atoms with E-state index in [0.717, 1.165) is 56.5 Å². The number of unbranched alkanes of at least 4 members (excludes halogenated alkanes) is 6. The lowest BCUT2D eigenvalue weighted by Crippen LogP contribution is -2.58. The van der Waals surface area contributed by atoms with E-state index in [1.54, 1.807) is 0 Å². The van der Waals surface area contributed by atoms with Gasteiger partial charge in [0, 0.05) is 6.42 Å². The van der Waals surface area contributed by atoms with E-state index in [-0.39, 0.29) is 0 Å². The highest BCUT2D eigenvalue weighted by atomic mass is 16.2. The van der Waals surface area contributed by atoms with Crippen LogP contribution in [0.15, 0.2) is 25.3 Å². The van der Waals surface area contributed by atoms with Crippen LogP contribution < -0.4 is 0 Å². The normalized spacial score (nSPS) is 17.2. The minimum atomic E-state index is 0.358. The highest BCUT2D eigenvalue weighted by Gasteiger charge is 2.29. The third kappa shape index (κ3) is 7.26. The Morgan fingerprint density at radius 3 is 2.18 bits per heavy atom. The van der Waals surface area contributed by atoms with Crippen molar-refractivity contribution in [3.8, 4) is 0 Å². The summed E-state index contributed by atoms with van der Waals surface area (Å²) in [5.41, 5.74) is 0. The molecule has 0 unspecified atom stereocenters. The van der Waals surface area contributed by atoms with Gasteiger partial charge in [-0.05, 0) is 25.3 Å². The van der Waals surface area contributed by atoms with Gasteiger partial charge in [-0.1, -0.05) is 38.3 Å². The highest BCUT2D eigenvalue weighted by Crippen LogP contribution is 2.13. The van der Waals surface area contributed by atoms with Crippen LogP contribution in [0.3, 0.4) is 0 Å². The zero-order chi connectivity index (χ0) is 16.3. The van der Waals surface area contributed by atoms with Crippen molar-refractivity contribution in [1.82, 2.24) is 4.90 Å². The van der Waals surface area contributed by atoms with E-state index in [4.69, 9.17) is 0 Å². The molecular weight excluding hydrogens is 272 g/mol. The lowest BCUT2D eigenvalue weighted by atomic mass is 10.1. The standard InChI is InChI=1S/C19H35N2O/c1-4-6-7-8-9-10-11-12-13-19(22)20-14-17-21(3,16-5-2)18-15-20/h4-5H,1-2,6-18H2,3H3/q+1. The van der Waals surface area contributed by atoms with Crippen molar-refractivity contribution in [2.24, 2.45) is 0 Å². The topological polar surface area (TPSA) is 20.3 Å². The van der Waals surface area contributed by atoms with Gasteiger partial charge in [-0.2, -0.15) is 0 Å². The van der Waals surface area contributed by atoms with Gasteiger partial charge in [-0.25, -0.2) is 0 Å². The fourth-order valence-corrected chi connectivity index (χ4v) is 3.12. The van der Waals surface area contributed by atoms with Crippen LogP contribution in [0.25, 0.3) is 0 Å². The number of carbonyl (C=O) groups is 1. The number of likely N-dealkylation sites (N-methyl/N-ethyl adjacent to an activating group) is 1. The molecule has 0 spiro atoms. The van der Waals surface area contributed by atoms with Gasteiger partial charge in [0.25, 0.3) is 0 Å². The van der Waals surface area contributed by atoms with E-state index in [1.807, 2.05) is 12.2 Å². The summed E-state index contributed by atoms with van der Waals surface area (Å²) in [6.45, 7) is 12.5. The van der Waals surface area contributed by atoms with Gasteiger partial charge in [0.15, 0.2) is 0 Å². The van der Waals surface area contributed by atoms with E-state index in [1.165, 1.54) is 32.1 Å². The SMILES string of the molecule is C=CCCCCCCCCC(=O)N1CC[N+](C)(CC=C)CC1. The van der Waals surface area contributed by atoms with Gasteiger partial charge in [-0.3, -0.25) is 4.79 Å². The molecule has 0 radical (unpaired) electrons. The summed E-state index contributed by atoms with van der Waals surface area (Å²) in [7, 11) is 2.26. The van der Waals surface area contributed by atoms with Crippen LogP contribution in [0.1, 0.15) is 51.4 Å². The second-order valence-corrected chi connectivity index (χ2v) is 6.87. The van der Waals surface area contributed by atoms with Gasteiger partial charge >= 0.3 is 0 Å². The summed E-state index contributed by atoms with van der Waals surface area (Å²) >= 11 is 0. The maximum absolute atomic E-state index is 12.2. The zero-order valence-corrected chi connectivity index (χ0v) is 14.6. The van der Waals surface area contributed by atoms with E-state index in [2.05, 4.69) is 25.1 Å². The first-order valence-electron chi connectivity index (χ1n) is 8.94. The van der Waals surface area contributed by atoms with Crippen molar-refractivity contribution < 1.29 is 9.28 Å². The molecule has 0 atom stereocenters. The van der Waals surface area contributed by atoms with Crippen LogP contribution in [0.2, 0.25) is 0 Å².